The van der Waals surface area contributed by atoms with Gasteiger partial charge in [0.15, 0.2) is 0 Å². The lowest BCUT2D eigenvalue weighted by molar-refractivity contribution is -0.147. The van der Waals surface area contributed by atoms with Crippen LogP contribution in [-0.2, 0) is 9.53 Å². The van der Waals surface area contributed by atoms with Crippen molar-refractivity contribution in [3.8, 4) is 0 Å². The van der Waals surface area contributed by atoms with E-state index < -0.39 is 0 Å². The number of rotatable bonds is 6. The molecule has 2 atom stereocenters. The fourth-order valence-corrected chi connectivity index (χ4v) is 1.38. The van der Waals surface area contributed by atoms with Crippen LogP contribution < -0.4 is 0 Å². The molecule has 0 amide bonds. The number of hydrogen-bond donors (Lipinski definition) is 0. The lowest BCUT2D eigenvalue weighted by Gasteiger charge is -2.26. The maximum absolute atomic E-state index is 11.4. The molecule has 0 aromatic rings. The van der Waals surface area contributed by atoms with Crippen LogP contribution >= 0.6 is 0 Å². The smallest absolute Gasteiger partial charge is 0.333 e. The molecule has 15 heavy (non-hydrogen) atoms. The Labute approximate surface area is 93.7 Å². The molecular weight excluding hydrogens is 188 g/mol. The zero-order chi connectivity index (χ0) is 12.0. The molecule has 88 valence electrons. The van der Waals surface area contributed by atoms with Crippen molar-refractivity contribution in [3.63, 3.8) is 0 Å². The van der Waals surface area contributed by atoms with Crippen molar-refractivity contribution in [2.75, 3.05) is 0 Å². The molecule has 0 saturated heterocycles. The Hall–Kier alpha value is -0.790. The zero-order valence-corrected chi connectivity index (χ0v) is 10.7. The van der Waals surface area contributed by atoms with Crippen molar-refractivity contribution in [1.29, 1.82) is 0 Å². The van der Waals surface area contributed by atoms with E-state index in [0.29, 0.717) is 17.4 Å². The normalized spacial score (nSPS) is 14.8. The monoisotopic (exact) mass is 212 g/mol. The van der Waals surface area contributed by atoms with Gasteiger partial charge in [0.1, 0.15) is 6.10 Å². The summed E-state index contributed by atoms with van der Waals surface area (Å²) in [7, 11) is 0. The van der Waals surface area contributed by atoms with Crippen LogP contribution in [0.4, 0.5) is 0 Å². The molecule has 0 heterocycles. The molecule has 0 aliphatic carbocycles. The molecular formula is C13H24O2. The van der Waals surface area contributed by atoms with E-state index in [9.17, 15) is 4.79 Å². The Morgan fingerprint density at radius 3 is 2.20 bits per heavy atom. The van der Waals surface area contributed by atoms with Crippen molar-refractivity contribution < 1.29 is 9.53 Å². The number of carbonyl (C=O) groups is 1. The lowest BCUT2D eigenvalue weighted by atomic mass is 9.90. The van der Waals surface area contributed by atoms with Gasteiger partial charge in [0.25, 0.3) is 0 Å². The van der Waals surface area contributed by atoms with E-state index in [1.807, 2.05) is 0 Å². The molecule has 2 nitrogen and oxygen atoms in total. The second kappa shape index (κ2) is 6.65. The first-order valence-corrected chi connectivity index (χ1v) is 5.76. The molecule has 0 spiro atoms. The molecule has 2 heteroatoms. The molecule has 0 saturated carbocycles. The molecule has 0 aromatic carbocycles. The van der Waals surface area contributed by atoms with Crippen LogP contribution in [0.2, 0.25) is 0 Å². The fourth-order valence-electron chi connectivity index (χ4n) is 1.38. The van der Waals surface area contributed by atoms with Crippen molar-refractivity contribution >= 4 is 5.97 Å². The highest BCUT2D eigenvalue weighted by Crippen LogP contribution is 2.21. The molecule has 0 aliphatic rings. The van der Waals surface area contributed by atoms with Gasteiger partial charge in [-0.1, -0.05) is 40.7 Å². The number of carbonyl (C=O) groups excluding carboxylic acids is 1. The summed E-state index contributed by atoms with van der Waals surface area (Å²) in [5, 5.41) is 0. The molecule has 0 fully saturated rings. The third-order valence-corrected chi connectivity index (χ3v) is 2.82. The summed E-state index contributed by atoms with van der Waals surface area (Å²) in [5.74, 6) is 0.661. The summed E-state index contributed by atoms with van der Waals surface area (Å²) in [5.41, 5.74) is 0.479. The van der Waals surface area contributed by atoms with Gasteiger partial charge in [-0.2, -0.15) is 0 Å². The van der Waals surface area contributed by atoms with E-state index in [0.717, 1.165) is 12.8 Å². The fraction of sp³-hybridized carbons (Fsp3) is 0.769. The first-order chi connectivity index (χ1) is 6.90. The Balaban J connectivity index is 4.39. The predicted molar refractivity (Wildman–Crippen MR) is 63.6 cm³/mol. The summed E-state index contributed by atoms with van der Waals surface area (Å²) in [6.45, 7) is 13.8. The first-order valence-electron chi connectivity index (χ1n) is 5.76. The van der Waals surface area contributed by atoms with Crippen molar-refractivity contribution in [3.05, 3.63) is 12.2 Å². The summed E-state index contributed by atoms with van der Waals surface area (Å²) < 4.78 is 5.44. The van der Waals surface area contributed by atoms with E-state index in [4.69, 9.17) is 4.74 Å². The molecule has 0 radical (unpaired) electrons. The van der Waals surface area contributed by atoms with Crippen molar-refractivity contribution in [2.24, 2.45) is 11.8 Å². The average Bonchev–Trinajstić information content (AvgIpc) is 2.15. The van der Waals surface area contributed by atoms with E-state index in [1.165, 1.54) is 0 Å². The number of ether oxygens (including phenoxy) is 1. The number of esters is 1. The molecule has 0 N–H and O–H groups in total. The summed E-state index contributed by atoms with van der Waals surface area (Å²) in [6.07, 6.45) is 1.99. The maximum atomic E-state index is 11.4. The summed E-state index contributed by atoms with van der Waals surface area (Å²) in [4.78, 5) is 11.4. The van der Waals surface area contributed by atoms with Gasteiger partial charge in [0.2, 0.25) is 0 Å². The van der Waals surface area contributed by atoms with E-state index in [2.05, 4.69) is 34.3 Å². The maximum Gasteiger partial charge on any atom is 0.333 e. The molecule has 0 aromatic heterocycles. The SMILES string of the molecule is C=C(C)C(=O)OC(CCC)C(C)C(C)C. The first kappa shape index (κ1) is 14.2. The van der Waals surface area contributed by atoms with E-state index in [-0.39, 0.29) is 12.1 Å². The highest BCUT2D eigenvalue weighted by atomic mass is 16.5. The van der Waals surface area contributed by atoms with Crippen LogP contribution in [-0.4, -0.2) is 12.1 Å². The van der Waals surface area contributed by atoms with Gasteiger partial charge in [0, 0.05) is 5.57 Å². The minimum absolute atomic E-state index is 0.0270. The quantitative estimate of drug-likeness (QED) is 0.497. The topological polar surface area (TPSA) is 26.3 Å². The third kappa shape index (κ3) is 5.01. The molecule has 0 rings (SSSR count). The molecule has 0 aliphatic heterocycles. The highest BCUT2D eigenvalue weighted by Gasteiger charge is 2.23. The van der Waals surface area contributed by atoms with Gasteiger partial charge in [-0.25, -0.2) is 4.79 Å². The minimum Gasteiger partial charge on any atom is -0.459 e. The van der Waals surface area contributed by atoms with Gasteiger partial charge < -0.3 is 4.74 Å². The molecule has 2 unspecified atom stereocenters. The van der Waals surface area contributed by atoms with Crippen LogP contribution in [0.3, 0.4) is 0 Å². The highest BCUT2D eigenvalue weighted by molar-refractivity contribution is 5.87. The van der Waals surface area contributed by atoms with Crippen LogP contribution in [0.25, 0.3) is 0 Å². The van der Waals surface area contributed by atoms with Gasteiger partial charge >= 0.3 is 5.97 Å². The lowest BCUT2D eigenvalue weighted by Crippen LogP contribution is -2.28. The zero-order valence-electron chi connectivity index (χ0n) is 10.7. The minimum atomic E-state index is -0.263. The van der Waals surface area contributed by atoms with E-state index in [1.54, 1.807) is 6.92 Å². The second-order valence-corrected chi connectivity index (χ2v) is 4.62. The number of hydrogen-bond acceptors (Lipinski definition) is 2. The Morgan fingerprint density at radius 1 is 1.33 bits per heavy atom. The summed E-state index contributed by atoms with van der Waals surface area (Å²) >= 11 is 0. The van der Waals surface area contributed by atoms with Crippen molar-refractivity contribution in [2.45, 2.75) is 53.6 Å². The van der Waals surface area contributed by atoms with Crippen LogP contribution in [0.1, 0.15) is 47.5 Å². The van der Waals surface area contributed by atoms with Crippen molar-refractivity contribution in [1.82, 2.24) is 0 Å². The third-order valence-electron chi connectivity index (χ3n) is 2.82. The van der Waals surface area contributed by atoms with Gasteiger partial charge in [-0.05, 0) is 25.2 Å². The Morgan fingerprint density at radius 2 is 1.87 bits per heavy atom. The van der Waals surface area contributed by atoms with Gasteiger partial charge in [-0.15, -0.1) is 0 Å². The second-order valence-electron chi connectivity index (χ2n) is 4.62. The largest absolute Gasteiger partial charge is 0.459 e. The summed E-state index contributed by atoms with van der Waals surface area (Å²) in [6, 6.07) is 0. The van der Waals surface area contributed by atoms with Crippen LogP contribution in [0, 0.1) is 11.8 Å². The standard InChI is InChI=1S/C13H24O2/c1-7-8-12(11(6)9(2)3)15-13(14)10(4)5/h9,11-12H,4,7-8H2,1-3,5-6H3. The van der Waals surface area contributed by atoms with E-state index >= 15 is 0 Å². The Bertz CT molecular complexity index is 219. The average molecular weight is 212 g/mol. The molecule has 0 bridgehead atoms. The van der Waals surface area contributed by atoms with Crippen LogP contribution in [0.15, 0.2) is 12.2 Å². The predicted octanol–water partition coefficient (Wildman–Crippen LogP) is 3.57. The van der Waals surface area contributed by atoms with Gasteiger partial charge in [-0.3, -0.25) is 0 Å². The van der Waals surface area contributed by atoms with Gasteiger partial charge in [0.05, 0.1) is 0 Å². The van der Waals surface area contributed by atoms with Crippen LogP contribution in [0.5, 0.6) is 0 Å². The Kier molecular flexibility index (Phi) is 6.30.